The number of aromatic nitrogens is 3. The molecule has 2 aliphatic heterocycles. The second-order valence-corrected chi connectivity index (χ2v) is 8.15. The van der Waals surface area contributed by atoms with Crippen molar-refractivity contribution in [2.45, 2.75) is 37.6 Å². The summed E-state index contributed by atoms with van der Waals surface area (Å²) < 4.78 is 52.2. The van der Waals surface area contributed by atoms with Gasteiger partial charge in [-0.25, -0.2) is 4.39 Å². The Bertz CT molecular complexity index is 934. The molecule has 1 saturated heterocycles. The Hall–Kier alpha value is -2.53. The first-order chi connectivity index (χ1) is 14.7. The summed E-state index contributed by atoms with van der Waals surface area (Å²) in [6.45, 7) is 1.92. The third kappa shape index (κ3) is 4.42. The predicted octanol–water partition coefficient (Wildman–Crippen LogP) is 2.15. The molecule has 2 aromatic rings. The molecule has 1 aromatic heterocycles. The number of rotatable bonds is 4. The number of piperidine rings is 1. The van der Waals surface area contributed by atoms with Gasteiger partial charge >= 0.3 is 6.18 Å². The largest absolute Gasteiger partial charge is 0.405 e. The number of carbonyl (C=O) groups excluding carboxylic acids is 1. The zero-order chi connectivity index (χ0) is 22.2. The van der Waals surface area contributed by atoms with Gasteiger partial charge in [-0.05, 0) is 37.6 Å². The molecule has 3 heterocycles. The van der Waals surface area contributed by atoms with E-state index in [1.807, 2.05) is 12.4 Å². The highest BCUT2D eigenvalue weighted by atomic mass is 19.4. The topological polar surface area (TPSA) is 66.3 Å². The molecule has 1 spiro atoms. The number of likely N-dealkylation sites (N-methyl/N-ethyl adjacent to an activating group) is 1. The van der Waals surface area contributed by atoms with Crippen molar-refractivity contribution in [3.63, 3.8) is 0 Å². The van der Waals surface area contributed by atoms with Gasteiger partial charge in [0, 0.05) is 32.7 Å². The highest BCUT2D eigenvalue weighted by Crippen LogP contribution is 2.40. The number of nitrogens with zero attached hydrogens (tertiary/aromatic N) is 5. The monoisotopic (exact) mass is 440 g/mol. The van der Waals surface area contributed by atoms with Crippen LogP contribution < -0.4 is 5.32 Å². The van der Waals surface area contributed by atoms with Gasteiger partial charge < -0.3 is 9.88 Å². The highest BCUT2D eigenvalue weighted by molar-refractivity contribution is 5.90. The summed E-state index contributed by atoms with van der Waals surface area (Å²) in [5.74, 6) is -0.593. The number of carbonyl (C=O) groups is 1. The normalized spacial score (nSPS) is 19.4. The van der Waals surface area contributed by atoms with Crippen LogP contribution in [0.15, 0.2) is 24.3 Å². The molecule has 0 bridgehead atoms. The van der Waals surface area contributed by atoms with Crippen molar-refractivity contribution >= 4 is 5.91 Å². The molecule has 1 amide bonds. The number of halogens is 4. The van der Waals surface area contributed by atoms with E-state index >= 15 is 0 Å². The lowest BCUT2D eigenvalue weighted by Gasteiger charge is -2.49. The van der Waals surface area contributed by atoms with Gasteiger partial charge in [0.2, 0.25) is 5.82 Å². The fraction of sp³-hybridized carbons (Fsp3) is 0.550. The summed E-state index contributed by atoms with van der Waals surface area (Å²) in [5.41, 5.74) is 0.605. The molecule has 4 rings (SSSR count). The molecule has 1 fully saturated rings. The van der Waals surface area contributed by atoms with Crippen molar-refractivity contribution in [3.8, 4) is 0 Å². The van der Waals surface area contributed by atoms with E-state index in [9.17, 15) is 22.4 Å². The van der Waals surface area contributed by atoms with Crippen molar-refractivity contribution < 1.29 is 22.4 Å². The number of fused-ring (bicyclic) bond motifs is 2. The lowest BCUT2D eigenvalue weighted by atomic mass is 9.83. The number of amides is 1. The quantitative estimate of drug-likeness (QED) is 0.739. The Balaban J connectivity index is 1.48. The van der Waals surface area contributed by atoms with E-state index in [4.69, 9.17) is 0 Å². The molecule has 1 N–H and O–H groups in total. The number of likely N-dealkylation sites (tertiary alicyclic amines) is 1. The molecule has 2 aliphatic rings. The number of alkyl halides is 3. The molecule has 0 aliphatic carbocycles. The molecule has 1 aromatic carbocycles. The fourth-order valence-corrected chi connectivity index (χ4v) is 4.46. The zero-order valence-corrected chi connectivity index (χ0v) is 17.1. The molecule has 11 heteroatoms. The summed E-state index contributed by atoms with van der Waals surface area (Å²) in [7, 11) is 2.00. The molecule has 31 heavy (non-hydrogen) atoms. The number of hydrogen-bond donors (Lipinski definition) is 1. The van der Waals surface area contributed by atoms with E-state index in [0.29, 0.717) is 25.5 Å². The minimum atomic E-state index is -4.49. The van der Waals surface area contributed by atoms with Crippen LogP contribution in [0.2, 0.25) is 0 Å². The van der Waals surface area contributed by atoms with Crippen LogP contribution in [0.3, 0.4) is 0 Å². The summed E-state index contributed by atoms with van der Waals surface area (Å²) >= 11 is 0. The van der Waals surface area contributed by atoms with Crippen molar-refractivity contribution in [2.24, 2.45) is 0 Å². The zero-order valence-electron chi connectivity index (χ0n) is 17.1. The third-order valence-electron chi connectivity index (χ3n) is 6.21. The number of benzene rings is 1. The Morgan fingerprint density at radius 1 is 1.10 bits per heavy atom. The lowest BCUT2D eigenvalue weighted by molar-refractivity contribution is -0.123. The minimum absolute atomic E-state index is 0.0829. The van der Waals surface area contributed by atoms with Crippen LogP contribution in [0.4, 0.5) is 17.6 Å². The maximum Gasteiger partial charge on any atom is 0.405 e. The van der Waals surface area contributed by atoms with E-state index in [1.165, 1.54) is 12.1 Å². The summed E-state index contributed by atoms with van der Waals surface area (Å²) in [6.07, 6.45) is -3.00. The number of hydrogen-bond acceptors (Lipinski definition) is 5. The van der Waals surface area contributed by atoms with E-state index in [1.54, 1.807) is 16.7 Å². The van der Waals surface area contributed by atoms with Crippen LogP contribution in [0.5, 0.6) is 0 Å². The molecule has 0 unspecified atom stereocenters. The van der Waals surface area contributed by atoms with Gasteiger partial charge in [0.1, 0.15) is 12.4 Å². The van der Waals surface area contributed by atoms with Gasteiger partial charge in [-0.3, -0.25) is 14.6 Å². The molecular formula is C20H24F4N6O. The van der Waals surface area contributed by atoms with Crippen LogP contribution in [-0.2, 0) is 18.6 Å². The Morgan fingerprint density at radius 2 is 1.77 bits per heavy atom. The molecule has 168 valence electrons. The summed E-state index contributed by atoms with van der Waals surface area (Å²) in [4.78, 5) is 16.7. The van der Waals surface area contributed by atoms with E-state index < -0.39 is 24.2 Å². The first-order valence-electron chi connectivity index (χ1n) is 10.1. The van der Waals surface area contributed by atoms with Crippen LogP contribution in [0.25, 0.3) is 0 Å². The lowest BCUT2D eigenvalue weighted by Crippen LogP contribution is -2.56. The fourth-order valence-electron chi connectivity index (χ4n) is 4.46. The van der Waals surface area contributed by atoms with Gasteiger partial charge in [0.05, 0.1) is 5.54 Å². The Kier molecular flexibility index (Phi) is 5.73. The Labute approximate surface area is 177 Å². The van der Waals surface area contributed by atoms with Gasteiger partial charge in [-0.15, -0.1) is 10.2 Å². The van der Waals surface area contributed by atoms with Crippen molar-refractivity contribution in [1.29, 1.82) is 0 Å². The van der Waals surface area contributed by atoms with Gasteiger partial charge in [-0.2, -0.15) is 13.2 Å². The summed E-state index contributed by atoms with van der Waals surface area (Å²) in [5, 5.41) is 10.1. The first-order valence-corrected chi connectivity index (χ1v) is 10.1. The molecule has 0 atom stereocenters. The van der Waals surface area contributed by atoms with Crippen LogP contribution >= 0.6 is 0 Å². The first kappa shape index (κ1) is 21.7. The van der Waals surface area contributed by atoms with E-state index in [0.717, 1.165) is 31.5 Å². The van der Waals surface area contributed by atoms with Crippen LogP contribution in [-0.4, -0.2) is 69.9 Å². The standard InChI is InChI=1S/C20H24F4N6O/c1-28-10-11-30-16(17(31)25-13-20(22,23)24)26-27-18(30)19(28)6-8-29(9-7-19)12-14-2-4-15(21)5-3-14/h2-5H,6-13H2,1H3,(H,25,31). The van der Waals surface area contributed by atoms with Crippen molar-refractivity contribution in [1.82, 2.24) is 29.9 Å². The minimum Gasteiger partial charge on any atom is -0.340 e. The van der Waals surface area contributed by atoms with Gasteiger partial charge in [-0.1, -0.05) is 12.1 Å². The molecule has 7 nitrogen and oxygen atoms in total. The second-order valence-electron chi connectivity index (χ2n) is 8.15. The molecule has 0 radical (unpaired) electrons. The van der Waals surface area contributed by atoms with Crippen molar-refractivity contribution in [3.05, 3.63) is 47.3 Å². The van der Waals surface area contributed by atoms with Crippen molar-refractivity contribution in [2.75, 3.05) is 33.2 Å². The van der Waals surface area contributed by atoms with E-state index in [-0.39, 0.29) is 11.6 Å². The average Bonchev–Trinajstić information content (AvgIpc) is 3.17. The smallest absolute Gasteiger partial charge is 0.340 e. The molecule has 0 saturated carbocycles. The van der Waals surface area contributed by atoms with Crippen LogP contribution in [0, 0.1) is 5.82 Å². The SMILES string of the molecule is CN1CCn2c(C(=O)NCC(F)(F)F)nnc2C12CCN(Cc1ccc(F)cc1)CC2. The van der Waals surface area contributed by atoms with Crippen LogP contribution in [0.1, 0.15) is 34.8 Å². The third-order valence-corrected chi connectivity index (χ3v) is 6.21. The maximum atomic E-state index is 13.1. The maximum absolute atomic E-state index is 13.1. The molecular weight excluding hydrogens is 416 g/mol. The van der Waals surface area contributed by atoms with E-state index in [2.05, 4.69) is 20.0 Å². The number of nitrogens with one attached hydrogen (secondary N) is 1. The van der Waals surface area contributed by atoms with Gasteiger partial charge in [0.15, 0.2) is 5.82 Å². The average molecular weight is 440 g/mol. The highest BCUT2D eigenvalue weighted by Gasteiger charge is 2.46. The second kappa shape index (κ2) is 8.19. The Morgan fingerprint density at radius 3 is 2.42 bits per heavy atom. The van der Waals surface area contributed by atoms with Gasteiger partial charge in [0.25, 0.3) is 5.91 Å². The predicted molar refractivity (Wildman–Crippen MR) is 104 cm³/mol. The summed E-state index contributed by atoms with van der Waals surface area (Å²) in [6, 6.07) is 6.44.